The van der Waals surface area contributed by atoms with Gasteiger partial charge < -0.3 is 9.84 Å². The summed E-state index contributed by atoms with van der Waals surface area (Å²) in [6.07, 6.45) is -0.192. The third kappa shape index (κ3) is 3.84. The zero-order valence-electron chi connectivity index (χ0n) is 11.0. The Morgan fingerprint density at radius 1 is 1.25 bits per heavy atom. The van der Waals surface area contributed by atoms with E-state index >= 15 is 0 Å². The van der Waals surface area contributed by atoms with E-state index in [0.717, 1.165) is 10.0 Å². The van der Waals surface area contributed by atoms with Crippen molar-refractivity contribution in [1.29, 1.82) is 0 Å². The van der Waals surface area contributed by atoms with E-state index in [0.29, 0.717) is 11.3 Å². The van der Waals surface area contributed by atoms with Crippen LogP contribution in [0.4, 0.5) is 0 Å². The molecule has 2 rings (SSSR count). The highest BCUT2D eigenvalue weighted by Gasteiger charge is 2.13. The van der Waals surface area contributed by atoms with Crippen molar-refractivity contribution >= 4 is 21.9 Å². The van der Waals surface area contributed by atoms with Crippen LogP contribution in [0.3, 0.4) is 0 Å². The smallest absolute Gasteiger partial charge is 0.307 e. The van der Waals surface area contributed by atoms with Crippen molar-refractivity contribution in [2.24, 2.45) is 0 Å². The van der Waals surface area contributed by atoms with Crippen molar-refractivity contribution in [3.8, 4) is 5.75 Å². The van der Waals surface area contributed by atoms with Gasteiger partial charge in [0.25, 0.3) is 0 Å². The Morgan fingerprint density at radius 3 is 2.60 bits per heavy atom. The Labute approximate surface area is 126 Å². The van der Waals surface area contributed by atoms with Crippen molar-refractivity contribution in [3.05, 3.63) is 64.1 Å². The molecule has 0 amide bonds. The SMILES string of the molecule is CC(Oc1cc(Br)ccc1CC(=O)O)c1ccccc1. The molecule has 0 heterocycles. The maximum atomic E-state index is 10.9. The largest absolute Gasteiger partial charge is 0.486 e. The number of ether oxygens (including phenoxy) is 1. The molecule has 0 aromatic heterocycles. The Balaban J connectivity index is 2.23. The second-order valence-electron chi connectivity index (χ2n) is 4.49. The molecule has 0 saturated carbocycles. The zero-order valence-corrected chi connectivity index (χ0v) is 12.6. The van der Waals surface area contributed by atoms with Gasteiger partial charge in [-0.1, -0.05) is 52.3 Å². The van der Waals surface area contributed by atoms with Crippen LogP contribution in [0.1, 0.15) is 24.2 Å². The number of hydrogen-bond donors (Lipinski definition) is 1. The highest BCUT2D eigenvalue weighted by atomic mass is 79.9. The average Bonchev–Trinajstić information content (AvgIpc) is 2.42. The standard InChI is InChI=1S/C16H15BrO3/c1-11(12-5-3-2-4-6-12)20-15-10-14(17)8-7-13(15)9-16(18)19/h2-8,10-11H,9H2,1H3,(H,18,19). The molecule has 0 aliphatic rings. The number of hydrogen-bond acceptors (Lipinski definition) is 2. The summed E-state index contributed by atoms with van der Waals surface area (Å²) < 4.78 is 6.78. The van der Waals surface area contributed by atoms with Crippen LogP contribution >= 0.6 is 15.9 Å². The Kier molecular flexibility index (Phi) is 4.79. The molecule has 2 aromatic carbocycles. The Bertz CT molecular complexity index is 596. The molecule has 1 N–H and O–H groups in total. The summed E-state index contributed by atoms with van der Waals surface area (Å²) in [5.41, 5.74) is 1.72. The van der Waals surface area contributed by atoms with Crippen LogP contribution in [-0.2, 0) is 11.2 Å². The number of rotatable bonds is 5. The molecular weight excluding hydrogens is 320 g/mol. The molecule has 0 spiro atoms. The molecule has 0 radical (unpaired) electrons. The summed E-state index contributed by atoms with van der Waals surface area (Å²) in [6, 6.07) is 15.2. The third-order valence-corrected chi connectivity index (χ3v) is 3.44. The summed E-state index contributed by atoms with van der Waals surface area (Å²) in [5.74, 6) is -0.275. The molecule has 1 atom stereocenters. The van der Waals surface area contributed by atoms with Crippen LogP contribution in [0, 0.1) is 0 Å². The molecule has 0 aliphatic heterocycles. The van der Waals surface area contributed by atoms with Crippen LogP contribution in [0.5, 0.6) is 5.75 Å². The molecule has 0 saturated heterocycles. The number of carboxylic acids is 1. The quantitative estimate of drug-likeness (QED) is 0.890. The van der Waals surface area contributed by atoms with E-state index in [-0.39, 0.29) is 12.5 Å². The lowest BCUT2D eigenvalue weighted by molar-refractivity contribution is -0.136. The first-order valence-corrected chi connectivity index (χ1v) is 7.07. The molecule has 0 bridgehead atoms. The van der Waals surface area contributed by atoms with Gasteiger partial charge in [-0.05, 0) is 24.6 Å². The fraction of sp³-hybridized carbons (Fsp3) is 0.188. The maximum absolute atomic E-state index is 10.9. The van der Waals surface area contributed by atoms with E-state index in [2.05, 4.69) is 15.9 Å². The van der Waals surface area contributed by atoms with Gasteiger partial charge in [-0.15, -0.1) is 0 Å². The van der Waals surface area contributed by atoms with Gasteiger partial charge in [-0.25, -0.2) is 0 Å². The highest BCUT2D eigenvalue weighted by molar-refractivity contribution is 9.10. The fourth-order valence-electron chi connectivity index (χ4n) is 1.93. The highest BCUT2D eigenvalue weighted by Crippen LogP contribution is 2.28. The molecular formula is C16H15BrO3. The van der Waals surface area contributed by atoms with Crippen molar-refractivity contribution in [1.82, 2.24) is 0 Å². The second kappa shape index (κ2) is 6.57. The minimum atomic E-state index is -0.871. The first kappa shape index (κ1) is 14.6. The Morgan fingerprint density at radius 2 is 1.95 bits per heavy atom. The number of benzene rings is 2. The number of carboxylic acid groups (broad SMARTS) is 1. The van der Waals surface area contributed by atoms with Crippen LogP contribution in [0.25, 0.3) is 0 Å². The zero-order chi connectivity index (χ0) is 14.5. The van der Waals surface area contributed by atoms with Crippen molar-refractivity contribution in [3.63, 3.8) is 0 Å². The summed E-state index contributed by atoms with van der Waals surface area (Å²) in [6.45, 7) is 1.95. The van der Waals surface area contributed by atoms with E-state index in [4.69, 9.17) is 9.84 Å². The van der Waals surface area contributed by atoms with E-state index in [1.807, 2.05) is 43.3 Å². The fourth-order valence-corrected chi connectivity index (χ4v) is 2.27. The van der Waals surface area contributed by atoms with Crippen molar-refractivity contribution in [2.75, 3.05) is 0 Å². The molecule has 0 aliphatic carbocycles. The van der Waals surface area contributed by atoms with Crippen LogP contribution < -0.4 is 4.74 Å². The van der Waals surface area contributed by atoms with Gasteiger partial charge in [0.15, 0.2) is 0 Å². The van der Waals surface area contributed by atoms with Gasteiger partial charge in [0, 0.05) is 10.0 Å². The van der Waals surface area contributed by atoms with Crippen LogP contribution in [-0.4, -0.2) is 11.1 Å². The molecule has 1 unspecified atom stereocenters. The number of carbonyl (C=O) groups is 1. The van der Waals surface area contributed by atoms with Gasteiger partial charge in [0.2, 0.25) is 0 Å². The summed E-state index contributed by atoms with van der Waals surface area (Å²) in [7, 11) is 0. The summed E-state index contributed by atoms with van der Waals surface area (Å²) in [4.78, 5) is 10.9. The lowest BCUT2D eigenvalue weighted by atomic mass is 10.1. The van der Waals surface area contributed by atoms with Crippen LogP contribution in [0.2, 0.25) is 0 Å². The lowest BCUT2D eigenvalue weighted by Crippen LogP contribution is -2.07. The molecule has 0 fully saturated rings. The predicted octanol–water partition coefficient (Wildman–Crippen LogP) is 4.22. The predicted molar refractivity (Wildman–Crippen MR) is 81.0 cm³/mol. The van der Waals surface area contributed by atoms with E-state index in [9.17, 15) is 4.79 Å². The van der Waals surface area contributed by atoms with Gasteiger partial charge in [-0.2, -0.15) is 0 Å². The minimum absolute atomic E-state index is 0.0515. The van der Waals surface area contributed by atoms with E-state index in [1.165, 1.54) is 0 Å². The normalized spacial score (nSPS) is 11.9. The second-order valence-corrected chi connectivity index (χ2v) is 5.41. The van der Waals surface area contributed by atoms with E-state index in [1.54, 1.807) is 12.1 Å². The van der Waals surface area contributed by atoms with Gasteiger partial charge >= 0.3 is 5.97 Å². The van der Waals surface area contributed by atoms with E-state index < -0.39 is 5.97 Å². The number of aliphatic carboxylic acids is 1. The molecule has 104 valence electrons. The molecule has 20 heavy (non-hydrogen) atoms. The van der Waals surface area contributed by atoms with Crippen LogP contribution in [0.15, 0.2) is 53.0 Å². The average molecular weight is 335 g/mol. The van der Waals surface area contributed by atoms with Gasteiger partial charge in [-0.3, -0.25) is 4.79 Å². The monoisotopic (exact) mass is 334 g/mol. The maximum Gasteiger partial charge on any atom is 0.307 e. The molecule has 2 aromatic rings. The van der Waals surface area contributed by atoms with Gasteiger partial charge in [0.05, 0.1) is 6.42 Å². The molecule has 4 heteroatoms. The lowest BCUT2D eigenvalue weighted by Gasteiger charge is -2.17. The van der Waals surface area contributed by atoms with Crippen molar-refractivity contribution < 1.29 is 14.6 Å². The minimum Gasteiger partial charge on any atom is -0.486 e. The third-order valence-electron chi connectivity index (χ3n) is 2.94. The Hall–Kier alpha value is -1.81. The first-order chi connectivity index (χ1) is 9.56. The molecule has 3 nitrogen and oxygen atoms in total. The summed E-state index contributed by atoms with van der Waals surface area (Å²) >= 11 is 3.38. The number of halogens is 1. The first-order valence-electron chi connectivity index (χ1n) is 6.28. The van der Waals surface area contributed by atoms with Gasteiger partial charge in [0.1, 0.15) is 11.9 Å². The van der Waals surface area contributed by atoms with Crippen molar-refractivity contribution in [2.45, 2.75) is 19.4 Å². The summed E-state index contributed by atoms with van der Waals surface area (Å²) in [5, 5.41) is 8.94. The topological polar surface area (TPSA) is 46.5 Å².